The average Bonchev–Trinajstić information content (AvgIpc) is 2.53. The van der Waals surface area contributed by atoms with Crippen molar-refractivity contribution < 1.29 is 18.3 Å². The lowest BCUT2D eigenvalue weighted by atomic mass is 10.1. The fourth-order valence-electron chi connectivity index (χ4n) is 2.20. The van der Waals surface area contributed by atoms with Gasteiger partial charge < -0.3 is 13.9 Å². The first-order valence-corrected chi connectivity index (χ1v) is 7.55. The Morgan fingerprint density at radius 3 is 2.74 bits per heavy atom. The normalized spacial score (nSPS) is 10.7. The Balaban J connectivity index is 1.94. The van der Waals surface area contributed by atoms with Gasteiger partial charge in [-0.2, -0.15) is 0 Å². The van der Waals surface area contributed by atoms with E-state index in [0.717, 1.165) is 0 Å². The molecule has 0 fully saturated rings. The Morgan fingerprint density at radius 2 is 2.00 bits per heavy atom. The molecule has 0 aliphatic rings. The topological polar surface area (TPSA) is 48.7 Å². The summed E-state index contributed by atoms with van der Waals surface area (Å²) in [5, 5.41) is 0.711. The summed E-state index contributed by atoms with van der Waals surface area (Å²) in [5.41, 5.74) is 0.508. The lowest BCUT2D eigenvalue weighted by Gasteiger charge is -2.10. The molecule has 0 saturated heterocycles. The second kappa shape index (κ2) is 6.42. The minimum absolute atomic E-state index is 0.0486. The van der Waals surface area contributed by atoms with Crippen molar-refractivity contribution in [3.8, 4) is 11.5 Å². The highest BCUT2D eigenvalue weighted by Gasteiger charge is 2.10. The molecule has 23 heavy (non-hydrogen) atoms. The van der Waals surface area contributed by atoms with Gasteiger partial charge in [-0.05, 0) is 30.3 Å². The Morgan fingerprint density at radius 1 is 1.17 bits per heavy atom. The van der Waals surface area contributed by atoms with Crippen molar-refractivity contribution in [2.75, 3.05) is 7.11 Å². The number of halogens is 2. The first kappa shape index (κ1) is 15.6. The van der Waals surface area contributed by atoms with Crippen LogP contribution < -0.4 is 15.1 Å². The summed E-state index contributed by atoms with van der Waals surface area (Å²) in [6.45, 7) is 0.0486. The van der Waals surface area contributed by atoms with Crippen LogP contribution in [0.1, 0.15) is 5.56 Å². The zero-order chi connectivity index (χ0) is 16.4. The summed E-state index contributed by atoms with van der Waals surface area (Å²) in [4.78, 5) is 11.7. The maximum atomic E-state index is 13.8. The predicted molar refractivity (Wildman–Crippen MR) is 87.5 cm³/mol. The molecule has 0 amide bonds. The van der Waals surface area contributed by atoms with Crippen LogP contribution in [0.25, 0.3) is 11.0 Å². The highest BCUT2D eigenvalue weighted by atomic mass is 79.9. The first-order valence-electron chi connectivity index (χ1n) is 6.75. The summed E-state index contributed by atoms with van der Waals surface area (Å²) in [6, 6.07) is 11.0. The maximum absolute atomic E-state index is 13.8. The number of hydrogen-bond acceptors (Lipinski definition) is 4. The maximum Gasteiger partial charge on any atom is 0.336 e. The molecule has 0 aliphatic heterocycles. The van der Waals surface area contributed by atoms with Crippen molar-refractivity contribution in [1.82, 2.24) is 0 Å². The molecule has 2 aromatic carbocycles. The van der Waals surface area contributed by atoms with Crippen molar-refractivity contribution in [3.05, 3.63) is 68.7 Å². The summed E-state index contributed by atoms with van der Waals surface area (Å²) in [6.07, 6.45) is 0. The predicted octanol–water partition coefficient (Wildman–Crippen LogP) is 4.28. The van der Waals surface area contributed by atoms with Gasteiger partial charge in [0.05, 0.1) is 7.11 Å². The third-order valence-corrected chi connectivity index (χ3v) is 3.81. The second-order valence-corrected chi connectivity index (χ2v) is 5.73. The molecule has 0 bridgehead atoms. The van der Waals surface area contributed by atoms with E-state index in [0.29, 0.717) is 26.8 Å². The number of benzene rings is 2. The first-order chi connectivity index (χ1) is 11.1. The van der Waals surface area contributed by atoms with Gasteiger partial charge in [-0.25, -0.2) is 9.18 Å². The standard InChI is InChI=1S/C17H12BrFO4/c1-21-12-3-4-13-10(6-17(20)23-16(13)8-12)9-22-15-5-2-11(18)7-14(15)19/h2-8H,9H2,1H3. The molecular weight excluding hydrogens is 367 g/mol. The van der Waals surface area contributed by atoms with Gasteiger partial charge in [-0.1, -0.05) is 15.9 Å². The second-order valence-electron chi connectivity index (χ2n) is 4.82. The highest BCUT2D eigenvalue weighted by Crippen LogP contribution is 2.25. The average molecular weight is 379 g/mol. The van der Waals surface area contributed by atoms with E-state index in [2.05, 4.69) is 15.9 Å². The fourth-order valence-corrected chi connectivity index (χ4v) is 2.54. The number of methoxy groups -OCH3 is 1. The summed E-state index contributed by atoms with van der Waals surface area (Å²) < 4.78 is 30.2. The SMILES string of the molecule is COc1ccc2c(COc3ccc(Br)cc3F)cc(=O)oc2c1. The Labute approximate surface area is 139 Å². The minimum Gasteiger partial charge on any atom is -0.497 e. The van der Waals surface area contributed by atoms with Gasteiger partial charge in [0, 0.05) is 27.6 Å². The summed E-state index contributed by atoms with van der Waals surface area (Å²) in [7, 11) is 1.53. The molecule has 0 atom stereocenters. The van der Waals surface area contributed by atoms with E-state index in [9.17, 15) is 9.18 Å². The molecule has 1 aromatic heterocycles. The van der Waals surface area contributed by atoms with E-state index in [1.165, 1.54) is 25.3 Å². The Bertz CT molecular complexity index is 920. The fraction of sp³-hybridized carbons (Fsp3) is 0.118. The summed E-state index contributed by atoms with van der Waals surface area (Å²) in [5.74, 6) is 0.217. The van der Waals surface area contributed by atoms with Crippen molar-refractivity contribution in [3.63, 3.8) is 0 Å². The molecule has 0 saturated carbocycles. The smallest absolute Gasteiger partial charge is 0.336 e. The molecule has 0 radical (unpaired) electrons. The van der Waals surface area contributed by atoms with Gasteiger partial charge in [0.25, 0.3) is 0 Å². The molecule has 3 aromatic rings. The number of hydrogen-bond donors (Lipinski definition) is 0. The van der Waals surface area contributed by atoms with Crippen LogP contribution in [0.3, 0.4) is 0 Å². The molecule has 118 valence electrons. The number of rotatable bonds is 4. The van der Waals surface area contributed by atoms with Gasteiger partial charge >= 0.3 is 5.63 Å². The van der Waals surface area contributed by atoms with E-state index in [1.54, 1.807) is 24.3 Å². The van der Waals surface area contributed by atoms with Crippen molar-refractivity contribution in [2.45, 2.75) is 6.61 Å². The quantitative estimate of drug-likeness (QED) is 0.635. The van der Waals surface area contributed by atoms with Crippen LogP contribution >= 0.6 is 15.9 Å². The molecule has 0 N–H and O–H groups in total. The van der Waals surface area contributed by atoms with Gasteiger partial charge in [-0.15, -0.1) is 0 Å². The lowest BCUT2D eigenvalue weighted by Crippen LogP contribution is -2.04. The van der Waals surface area contributed by atoms with Crippen molar-refractivity contribution in [2.24, 2.45) is 0 Å². The highest BCUT2D eigenvalue weighted by molar-refractivity contribution is 9.10. The number of ether oxygens (including phenoxy) is 2. The van der Waals surface area contributed by atoms with Gasteiger partial charge in [0.2, 0.25) is 0 Å². The zero-order valence-electron chi connectivity index (χ0n) is 12.1. The van der Waals surface area contributed by atoms with E-state index < -0.39 is 11.4 Å². The van der Waals surface area contributed by atoms with Crippen LogP contribution in [0, 0.1) is 5.82 Å². The molecule has 3 rings (SSSR count). The molecule has 6 heteroatoms. The van der Waals surface area contributed by atoms with Crippen molar-refractivity contribution in [1.29, 1.82) is 0 Å². The molecule has 0 aliphatic carbocycles. The molecular formula is C17H12BrFO4. The van der Waals surface area contributed by atoms with E-state index in [-0.39, 0.29) is 12.4 Å². The molecule has 0 unspecified atom stereocenters. The van der Waals surface area contributed by atoms with Crippen LogP contribution in [0.15, 0.2) is 56.1 Å². The van der Waals surface area contributed by atoms with E-state index >= 15 is 0 Å². The van der Waals surface area contributed by atoms with Gasteiger partial charge in [0.15, 0.2) is 11.6 Å². The monoisotopic (exact) mass is 378 g/mol. The Hall–Kier alpha value is -2.34. The van der Waals surface area contributed by atoms with E-state index in [1.807, 2.05) is 0 Å². The van der Waals surface area contributed by atoms with Crippen LogP contribution in [0.5, 0.6) is 11.5 Å². The van der Waals surface area contributed by atoms with Gasteiger partial charge in [0.1, 0.15) is 17.9 Å². The van der Waals surface area contributed by atoms with E-state index in [4.69, 9.17) is 13.9 Å². The molecule has 4 nitrogen and oxygen atoms in total. The largest absolute Gasteiger partial charge is 0.497 e. The Kier molecular flexibility index (Phi) is 4.34. The lowest BCUT2D eigenvalue weighted by molar-refractivity contribution is 0.290. The minimum atomic E-state index is -0.499. The van der Waals surface area contributed by atoms with Crippen LogP contribution in [0.4, 0.5) is 4.39 Å². The zero-order valence-corrected chi connectivity index (χ0v) is 13.7. The summed E-state index contributed by atoms with van der Waals surface area (Å²) >= 11 is 3.19. The van der Waals surface area contributed by atoms with Crippen LogP contribution in [0.2, 0.25) is 0 Å². The number of fused-ring (bicyclic) bond motifs is 1. The van der Waals surface area contributed by atoms with Gasteiger partial charge in [-0.3, -0.25) is 0 Å². The van der Waals surface area contributed by atoms with Crippen LogP contribution in [-0.2, 0) is 6.61 Å². The molecule has 0 spiro atoms. The third-order valence-electron chi connectivity index (χ3n) is 3.31. The third kappa shape index (κ3) is 3.37. The van der Waals surface area contributed by atoms with Crippen LogP contribution in [-0.4, -0.2) is 7.11 Å². The van der Waals surface area contributed by atoms with Crippen molar-refractivity contribution >= 4 is 26.9 Å². The molecule has 1 heterocycles.